The minimum absolute atomic E-state index is 0.232. The number of rotatable bonds is 4. The van der Waals surface area contributed by atoms with Gasteiger partial charge >= 0.3 is 5.97 Å². The lowest BCUT2D eigenvalue weighted by Gasteiger charge is -2.39. The number of nitrogens with two attached hydrogens (primary N) is 1. The first-order valence-corrected chi connectivity index (χ1v) is 7.15. The summed E-state index contributed by atoms with van der Waals surface area (Å²) in [5.41, 5.74) is 7.01. The molecule has 1 atom stereocenters. The van der Waals surface area contributed by atoms with Gasteiger partial charge in [0.05, 0.1) is 18.7 Å². The van der Waals surface area contributed by atoms with E-state index in [0.717, 1.165) is 25.7 Å². The van der Waals surface area contributed by atoms with Gasteiger partial charge in [0.1, 0.15) is 5.75 Å². The van der Waals surface area contributed by atoms with Crippen molar-refractivity contribution >= 4 is 11.7 Å². The molecule has 0 saturated heterocycles. The SMILES string of the molecule is COc1cccc(C(C(=O)O)C2(C)CCCCC2)c1N. The first-order valence-electron chi connectivity index (χ1n) is 7.15. The van der Waals surface area contributed by atoms with Crippen LogP contribution in [0.15, 0.2) is 18.2 Å². The largest absolute Gasteiger partial charge is 0.495 e. The van der Waals surface area contributed by atoms with Crippen LogP contribution in [0.2, 0.25) is 0 Å². The molecule has 1 aromatic carbocycles. The number of para-hydroxylation sites is 1. The number of methoxy groups -OCH3 is 1. The summed E-state index contributed by atoms with van der Waals surface area (Å²) in [7, 11) is 1.55. The molecule has 4 heteroatoms. The molecule has 0 aromatic heterocycles. The maximum atomic E-state index is 11.9. The van der Waals surface area contributed by atoms with E-state index in [1.165, 1.54) is 6.42 Å². The molecule has 0 spiro atoms. The number of hydrogen-bond acceptors (Lipinski definition) is 3. The van der Waals surface area contributed by atoms with Gasteiger partial charge in [-0.3, -0.25) is 4.79 Å². The van der Waals surface area contributed by atoms with E-state index >= 15 is 0 Å². The molecule has 0 bridgehead atoms. The van der Waals surface area contributed by atoms with Crippen molar-refractivity contribution in [2.45, 2.75) is 44.9 Å². The summed E-state index contributed by atoms with van der Waals surface area (Å²) in [6.45, 7) is 2.07. The molecule has 1 saturated carbocycles. The Morgan fingerprint density at radius 3 is 2.55 bits per heavy atom. The molecule has 0 heterocycles. The normalized spacial score (nSPS) is 19.3. The van der Waals surface area contributed by atoms with Crippen LogP contribution in [0.4, 0.5) is 5.69 Å². The van der Waals surface area contributed by atoms with Crippen LogP contribution in [-0.4, -0.2) is 18.2 Å². The van der Waals surface area contributed by atoms with E-state index in [9.17, 15) is 9.90 Å². The fourth-order valence-electron chi connectivity index (χ4n) is 3.45. The third kappa shape index (κ3) is 2.60. The number of nitrogen functional groups attached to an aromatic ring is 1. The molecular formula is C16H23NO3. The summed E-state index contributed by atoms with van der Waals surface area (Å²) < 4.78 is 5.22. The zero-order valence-electron chi connectivity index (χ0n) is 12.2. The number of ether oxygens (including phenoxy) is 1. The van der Waals surface area contributed by atoms with Crippen LogP contribution in [-0.2, 0) is 4.79 Å². The predicted molar refractivity (Wildman–Crippen MR) is 79.0 cm³/mol. The topological polar surface area (TPSA) is 72.5 Å². The van der Waals surface area contributed by atoms with E-state index < -0.39 is 11.9 Å². The summed E-state index contributed by atoms with van der Waals surface area (Å²) in [6.07, 6.45) is 5.23. The summed E-state index contributed by atoms with van der Waals surface area (Å²) in [5.74, 6) is -0.819. The molecule has 2 rings (SSSR count). The molecule has 1 fully saturated rings. The van der Waals surface area contributed by atoms with Gasteiger partial charge < -0.3 is 15.6 Å². The molecule has 1 aliphatic rings. The van der Waals surface area contributed by atoms with E-state index in [2.05, 4.69) is 6.92 Å². The van der Waals surface area contributed by atoms with Gasteiger partial charge in [0, 0.05) is 0 Å². The van der Waals surface area contributed by atoms with Gasteiger partial charge in [0.2, 0.25) is 0 Å². The van der Waals surface area contributed by atoms with Crippen molar-refractivity contribution in [3.63, 3.8) is 0 Å². The molecule has 110 valence electrons. The minimum Gasteiger partial charge on any atom is -0.495 e. The third-order valence-corrected chi connectivity index (χ3v) is 4.57. The highest BCUT2D eigenvalue weighted by molar-refractivity contribution is 5.81. The molecule has 0 aliphatic heterocycles. The number of hydrogen-bond donors (Lipinski definition) is 2. The van der Waals surface area contributed by atoms with Crippen molar-refractivity contribution < 1.29 is 14.6 Å². The Morgan fingerprint density at radius 2 is 2.00 bits per heavy atom. The van der Waals surface area contributed by atoms with Crippen LogP contribution in [0.25, 0.3) is 0 Å². The van der Waals surface area contributed by atoms with Gasteiger partial charge in [-0.1, -0.05) is 38.3 Å². The van der Waals surface area contributed by atoms with E-state index in [-0.39, 0.29) is 5.41 Å². The highest BCUT2D eigenvalue weighted by Crippen LogP contribution is 2.49. The maximum absolute atomic E-state index is 11.9. The van der Waals surface area contributed by atoms with E-state index in [4.69, 9.17) is 10.5 Å². The fourth-order valence-corrected chi connectivity index (χ4v) is 3.45. The highest BCUT2D eigenvalue weighted by Gasteiger charge is 2.42. The van der Waals surface area contributed by atoms with Gasteiger partial charge in [-0.05, 0) is 29.9 Å². The number of carboxylic acids is 1. The molecule has 3 N–H and O–H groups in total. The van der Waals surface area contributed by atoms with Gasteiger partial charge in [0.15, 0.2) is 0 Å². The van der Waals surface area contributed by atoms with Gasteiger partial charge in [-0.15, -0.1) is 0 Å². The lowest BCUT2D eigenvalue weighted by Crippen LogP contribution is -2.34. The average molecular weight is 277 g/mol. The molecule has 1 aromatic rings. The highest BCUT2D eigenvalue weighted by atomic mass is 16.5. The summed E-state index contributed by atoms with van der Waals surface area (Å²) >= 11 is 0. The molecular weight excluding hydrogens is 254 g/mol. The number of anilines is 1. The average Bonchev–Trinajstić information content (AvgIpc) is 2.41. The summed E-state index contributed by atoms with van der Waals surface area (Å²) in [6, 6.07) is 5.39. The lowest BCUT2D eigenvalue weighted by molar-refractivity contribution is -0.142. The Labute approximate surface area is 119 Å². The summed E-state index contributed by atoms with van der Waals surface area (Å²) in [4.78, 5) is 11.9. The first-order chi connectivity index (χ1) is 9.49. The predicted octanol–water partition coefficient (Wildman–Crippen LogP) is 3.42. The Balaban J connectivity index is 2.46. The van der Waals surface area contributed by atoms with Crippen LogP contribution in [0.1, 0.15) is 50.5 Å². The third-order valence-electron chi connectivity index (χ3n) is 4.57. The van der Waals surface area contributed by atoms with Gasteiger partial charge in [-0.25, -0.2) is 0 Å². The lowest BCUT2D eigenvalue weighted by atomic mass is 9.65. The molecule has 20 heavy (non-hydrogen) atoms. The van der Waals surface area contributed by atoms with E-state index in [1.807, 2.05) is 12.1 Å². The molecule has 1 aliphatic carbocycles. The van der Waals surface area contributed by atoms with Gasteiger partial charge in [-0.2, -0.15) is 0 Å². The Kier molecular flexibility index (Phi) is 4.21. The van der Waals surface area contributed by atoms with E-state index in [0.29, 0.717) is 17.0 Å². The van der Waals surface area contributed by atoms with Crippen molar-refractivity contribution in [1.29, 1.82) is 0 Å². The van der Waals surface area contributed by atoms with Crippen LogP contribution >= 0.6 is 0 Å². The standard InChI is InChI=1S/C16H23NO3/c1-16(9-4-3-5-10-16)13(15(18)19)11-7-6-8-12(20-2)14(11)17/h6-8,13H,3-5,9-10,17H2,1-2H3,(H,18,19). The zero-order chi connectivity index (χ0) is 14.8. The maximum Gasteiger partial charge on any atom is 0.311 e. The van der Waals surface area contributed by atoms with Crippen LogP contribution < -0.4 is 10.5 Å². The Bertz CT molecular complexity index is 492. The molecule has 1 unspecified atom stereocenters. The number of benzene rings is 1. The first kappa shape index (κ1) is 14.7. The van der Waals surface area contributed by atoms with Crippen molar-refractivity contribution in [1.82, 2.24) is 0 Å². The second-order valence-corrected chi connectivity index (χ2v) is 5.95. The smallest absolute Gasteiger partial charge is 0.311 e. The van der Waals surface area contributed by atoms with Crippen LogP contribution in [0.5, 0.6) is 5.75 Å². The fraction of sp³-hybridized carbons (Fsp3) is 0.562. The number of carbonyl (C=O) groups is 1. The van der Waals surface area contributed by atoms with Crippen LogP contribution in [0, 0.1) is 5.41 Å². The van der Waals surface area contributed by atoms with Crippen molar-refractivity contribution in [2.24, 2.45) is 5.41 Å². The number of aliphatic carboxylic acids is 1. The van der Waals surface area contributed by atoms with Gasteiger partial charge in [0.25, 0.3) is 0 Å². The quantitative estimate of drug-likeness (QED) is 0.827. The van der Waals surface area contributed by atoms with Crippen molar-refractivity contribution in [3.05, 3.63) is 23.8 Å². The van der Waals surface area contributed by atoms with Crippen LogP contribution in [0.3, 0.4) is 0 Å². The second-order valence-electron chi connectivity index (χ2n) is 5.95. The minimum atomic E-state index is -0.797. The molecule has 0 radical (unpaired) electrons. The van der Waals surface area contributed by atoms with E-state index in [1.54, 1.807) is 13.2 Å². The monoisotopic (exact) mass is 277 g/mol. The Morgan fingerprint density at radius 1 is 1.35 bits per heavy atom. The zero-order valence-corrected chi connectivity index (χ0v) is 12.2. The summed E-state index contributed by atoms with van der Waals surface area (Å²) in [5, 5.41) is 9.74. The van der Waals surface area contributed by atoms with Crippen molar-refractivity contribution in [2.75, 3.05) is 12.8 Å². The number of carboxylic acid groups (broad SMARTS) is 1. The second kappa shape index (κ2) is 5.73. The molecule has 0 amide bonds. The van der Waals surface area contributed by atoms with Crippen molar-refractivity contribution in [3.8, 4) is 5.75 Å². The molecule has 4 nitrogen and oxygen atoms in total. The Hall–Kier alpha value is -1.71.